The molecule has 0 radical (unpaired) electrons. The quantitative estimate of drug-likeness (QED) is 0.943. The van der Waals surface area contributed by atoms with E-state index in [9.17, 15) is 4.79 Å². The Hall–Kier alpha value is -1.65. The molecule has 4 nitrogen and oxygen atoms in total. The molecule has 116 valence electrons. The summed E-state index contributed by atoms with van der Waals surface area (Å²) in [5.74, 6) is 0.817. The van der Waals surface area contributed by atoms with Gasteiger partial charge in [-0.05, 0) is 24.1 Å². The highest BCUT2D eigenvalue weighted by atomic mass is 35.5. The molecule has 1 aliphatic heterocycles. The van der Waals surface area contributed by atoms with E-state index in [1.807, 2.05) is 24.3 Å². The summed E-state index contributed by atoms with van der Waals surface area (Å²) in [6.07, 6.45) is 2.66. The van der Waals surface area contributed by atoms with Crippen LogP contribution in [0.25, 0.3) is 0 Å². The highest BCUT2D eigenvalue weighted by Gasteiger charge is 2.21. The molecule has 0 bridgehead atoms. The lowest BCUT2D eigenvalue weighted by atomic mass is 10.1. The third-order valence-electron chi connectivity index (χ3n) is 4.00. The van der Waals surface area contributed by atoms with E-state index in [0.717, 1.165) is 54.5 Å². The van der Waals surface area contributed by atoms with Crippen LogP contribution in [0.1, 0.15) is 36.0 Å². The number of H-pyrrole nitrogens is 1. The Morgan fingerprint density at radius 3 is 2.82 bits per heavy atom. The third kappa shape index (κ3) is 3.39. The number of fused-ring (bicyclic) bond motifs is 1. The molecule has 0 saturated carbocycles. The Labute approximate surface area is 135 Å². The van der Waals surface area contributed by atoms with E-state index in [1.165, 1.54) is 5.56 Å². The maximum absolute atomic E-state index is 12.3. The van der Waals surface area contributed by atoms with Gasteiger partial charge < -0.3 is 4.98 Å². The average molecular weight is 318 g/mol. The maximum atomic E-state index is 12.3. The van der Waals surface area contributed by atoms with Crippen LogP contribution in [0.2, 0.25) is 5.02 Å². The Bertz CT molecular complexity index is 709. The van der Waals surface area contributed by atoms with Gasteiger partial charge in [0, 0.05) is 37.5 Å². The largest absolute Gasteiger partial charge is 0.310 e. The highest BCUT2D eigenvalue weighted by molar-refractivity contribution is 6.30. The van der Waals surface area contributed by atoms with Crippen LogP contribution in [-0.2, 0) is 25.9 Å². The highest BCUT2D eigenvalue weighted by Crippen LogP contribution is 2.18. The van der Waals surface area contributed by atoms with Crippen molar-refractivity contribution in [3.05, 3.63) is 62.3 Å². The molecule has 0 aliphatic carbocycles. The first-order chi connectivity index (χ1) is 10.7. The van der Waals surface area contributed by atoms with Crippen molar-refractivity contribution in [2.45, 2.75) is 39.3 Å². The molecule has 0 fully saturated rings. The monoisotopic (exact) mass is 317 g/mol. The zero-order valence-corrected chi connectivity index (χ0v) is 13.5. The summed E-state index contributed by atoms with van der Waals surface area (Å²) in [5.41, 5.74) is 3.02. The number of halogens is 1. The second kappa shape index (κ2) is 6.63. The first-order valence-corrected chi connectivity index (χ1v) is 8.11. The molecule has 0 saturated heterocycles. The second-order valence-electron chi connectivity index (χ2n) is 5.77. The van der Waals surface area contributed by atoms with Crippen molar-refractivity contribution >= 4 is 11.6 Å². The van der Waals surface area contributed by atoms with Gasteiger partial charge in [-0.3, -0.25) is 9.69 Å². The molecule has 0 amide bonds. The topological polar surface area (TPSA) is 49.0 Å². The smallest absolute Gasteiger partial charge is 0.255 e. The number of hydrogen-bond donors (Lipinski definition) is 1. The minimum absolute atomic E-state index is 0.0225. The molecule has 1 aliphatic rings. The molecule has 2 heterocycles. The van der Waals surface area contributed by atoms with E-state index in [1.54, 1.807) is 0 Å². The summed E-state index contributed by atoms with van der Waals surface area (Å²) in [5, 5.41) is 0.747. The van der Waals surface area contributed by atoms with Crippen LogP contribution >= 0.6 is 11.6 Å². The van der Waals surface area contributed by atoms with Gasteiger partial charge in [-0.15, -0.1) is 0 Å². The molecular formula is C17H20ClN3O. The molecule has 5 heteroatoms. The van der Waals surface area contributed by atoms with Gasteiger partial charge in [0.25, 0.3) is 5.56 Å². The molecule has 0 atom stereocenters. The van der Waals surface area contributed by atoms with Crippen LogP contribution in [0.15, 0.2) is 29.1 Å². The van der Waals surface area contributed by atoms with Crippen molar-refractivity contribution in [1.82, 2.24) is 14.9 Å². The Kier molecular flexibility index (Phi) is 4.60. The van der Waals surface area contributed by atoms with Gasteiger partial charge in [-0.2, -0.15) is 0 Å². The number of aryl methyl sites for hydroxylation is 1. The number of hydrogen-bond acceptors (Lipinski definition) is 3. The van der Waals surface area contributed by atoms with E-state index in [2.05, 4.69) is 21.8 Å². The zero-order chi connectivity index (χ0) is 15.5. The number of nitrogens with zero attached hydrogens (tertiary/aromatic N) is 2. The molecule has 0 unspecified atom stereocenters. The first-order valence-electron chi connectivity index (χ1n) is 7.73. The molecular weight excluding hydrogens is 298 g/mol. The number of nitrogens with one attached hydrogen (secondary N) is 1. The summed E-state index contributed by atoms with van der Waals surface area (Å²) in [7, 11) is 0. The van der Waals surface area contributed by atoms with Crippen molar-refractivity contribution in [3.8, 4) is 0 Å². The Morgan fingerprint density at radius 1 is 1.32 bits per heavy atom. The van der Waals surface area contributed by atoms with Crippen molar-refractivity contribution in [2.75, 3.05) is 6.54 Å². The molecule has 1 aromatic carbocycles. The van der Waals surface area contributed by atoms with Gasteiger partial charge in [0.2, 0.25) is 0 Å². The van der Waals surface area contributed by atoms with Gasteiger partial charge in [-0.1, -0.05) is 30.7 Å². The standard InChI is InChI=1S/C17H20ClN3O/c1-2-3-16-19-15-8-9-21(11-14(15)17(22)20-16)10-12-4-6-13(18)7-5-12/h4-7H,2-3,8-11H2,1H3,(H,19,20,22). The van der Waals surface area contributed by atoms with Gasteiger partial charge in [0.05, 0.1) is 11.3 Å². The SMILES string of the molecule is CCCc1nc2c(c(=O)[nH]1)CN(Cc1ccc(Cl)cc1)CC2. The predicted octanol–water partition coefficient (Wildman–Crippen LogP) is 2.93. The number of aromatic amines is 1. The molecule has 22 heavy (non-hydrogen) atoms. The zero-order valence-electron chi connectivity index (χ0n) is 12.7. The summed E-state index contributed by atoms with van der Waals surface area (Å²) in [4.78, 5) is 22.1. The van der Waals surface area contributed by atoms with Crippen LogP contribution in [0, 0.1) is 0 Å². The van der Waals surface area contributed by atoms with Crippen LogP contribution in [0.3, 0.4) is 0 Å². The number of rotatable bonds is 4. The molecule has 1 aromatic heterocycles. The fraction of sp³-hybridized carbons (Fsp3) is 0.412. The average Bonchev–Trinajstić information content (AvgIpc) is 2.51. The van der Waals surface area contributed by atoms with Crippen LogP contribution in [0.4, 0.5) is 0 Å². The summed E-state index contributed by atoms with van der Waals surface area (Å²) < 4.78 is 0. The van der Waals surface area contributed by atoms with Crippen LogP contribution < -0.4 is 5.56 Å². The predicted molar refractivity (Wildman–Crippen MR) is 88.1 cm³/mol. The lowest BCUT2D eigenvalue weighted by Crippen LogP contribution is -2.35. The Balaban J connectivity index is 1.76. The van der Waals surface area contributed by atoms with Gasteiger partial charge in [0.15, 0.2) is 0 Å². The van der Waals surface area contributed by atoms with Crippen molar-refractivity contribution in [1.29, 1.82) is 0 Å². The number of aromatic nitrogens is 2. The molecule has 2 aromatic rings. The minimum atomic E-state index is 0.0225. The van der Waals surface area contributed by atoms with Crippen molar-refractivity contribution in [2.24, 2.45) is 0 Å². The van der Waals surface area contributed by atoms with Crippen molar-refractivity contribution in [3.63, 3.8) is 0 Å². The van der Waals surface area contributed by atoms with Gasteiger partial charge >= 0.3 is 0 Å². The van der Waals surface area contributed by atoms with Crippen LogP contribution in [0.5, 0.6) is 0 Å². The summed E-state index contributed by atoms with van der Waals surface area (Å²) in [6.45, 7) is 4.50. The van der Waals surface area contributed by atoms with E-state index in [0.29, 0.717) is 6.54 Å². The third-order valence-corrected chi connectivity index (χ3v) is 4.25. The lowest BCUT2D eigenvalue weighted by molar-refractivity contribution is 0.241. The fourth-order valence-electron chi connectivity index (χ4n) is 2.87. The Morgan fingerprint density at radius 2 is 2.09 bits per heavy atom. The lowest BCUT2D eigenvalue weighted by Gasteiger charge is -2.27. The molecule has 1 N–H and O–H groups in total. The summed E-state index contributed by atoms with van der Waals surface area (Å²) >= 11 is 5.92. The summed E-state index contributed by atoms with van der Waals surface area (Å²) in [6, 6.07) is 7.87. The molecule has 0 spiro atoms. The van der Waals surface area contributed by atoms with E-state index < -0.39 is 0 Å². The normalized spacial score (nSPS) is 14.8. The van der Waals surface area contributed by atoms with Crippen molar-refractivity contribution < 1.29 is 0 Å². The van der Waals surface area contributed by atoms with E-state index in [4.69, 9.17) is 11.6 Å². The fourth-order valence-corrected chi connectivity index (χ4v) is 3.00. The van der Waals surface area contributed by atoms with E-state index in [-0.39, 0.29) is 5.56 Å². The second-order valence-corrected chi connectivity index (χ2v) is 6.21. The van der Waals surface area contributed by atoms with Crippen LogP contribution in [-0.4, -0.2) is 21.4 Å². The number of benzene rings is 1. The first kappa shape index (κ1) is 15.3. The van der Waals surface area contributed by atoms with Gasteiger partial charge in [-0.25, -0.2) is 4.98 Å². The molecule has 3 rings (SSSR count). The van der Waals surface area contributed by atoms with E-state index >= 15 is 0 Å². The van der Waals surface area contributed by atoms with Gasteiger partial charge in [0.1, 0.15) is 5.82 Å². The maximum Gasteiger partial charge on any atom is 0.255 e. The minimum Gasteiger partial charge on any atom is -0.310 e.